The lowest BCUT2D eigenvalue weighted by molar-refractivity contribution is -0.143. The van der Waals surface area contributed by atoms with Crippen LogP contribution in [0.2, 0.25) is 0 Å². The second-order valence-electron chi connectivity index (χ2n) is 4.69. The summed E-state index contributed by atoms with van der Waals surface area (Å²) in [5.41, 5.74) is 0.796. The van der Waals surface area contributed by atoms with Crippen LogP contribution in [-0.2, 0) is 9.53 Å². The van der Waals surface area contributed by atoms with Gasteiger partial charge in [-0.2, -0.15) is 0 Å². The molecule has 0 spiro atoms. The van der Waals surface area contributed by atoms with E-state index in [9.17, 15) is 4.79 Å². The number of methoxy groups -OCH3 is 2. The van der Waals surface area contributed by atoms with Crippen LogP contribution in [0.25, 0.3) is 0 Å². The average Bonchev–Trinajstić information content (AvgIpc) is 3.23. The van der Waals surface area contributed by atoms with Gasteiger partial charge in [0.1, 0.15) is 11.8 Å². The summed E-state index contributed by atoms with van der Waals surface area (Å²) >= 11 is 3.42. The molecular formula is C14H18BrNO3. The van der Waals surface area contributed by atoms with Gasteiger partial charge in [0.05, 0.1) is 14.2 Å². The molecule has 1 unspecified atom stereocenters. The minimum absolute atomic E-state index is 0.294. The molecule has 0 saturated heterocycles. The van der Waals surface area contributed by atoms with Gasteiger partial charge in [-0.3, -0.25) is 0 Å². The van der Waals surface area contributed by atoms with Gasteiger partial charge in [-0.15, -0.1) is 0 Å². The molecule has 0 amide bonds. The van der Waals surface area contributed by atoms with Crippen molar-refractivity contribution in [1.29, 1.82) is 0 Å². The first kappa shape index (κ1) is 14.3. The maximum Gasteiger partial charge on any atom is 0.327 e. The molecule has 1 atom stereocenters. The number of ether oxygens (including phenoxy) is 2. The van der Waals surface area contributed by atoms with E-state index in [1.54, 1.807) is 7.11 Å². The van der Waals surface area contributed by atoms with Crippen molar-refractivity contribution in [1.82, 2.24) is 5.32 Å². The van der Waals surface area contributed by atoms with Crippen molar-refractivity contribution in [3.05, 3.63) is 28.2 Å². The molecule has 0 aliphatic heterocycles. The van der Waals surface area contributed by atoms with Gasteiger partial charge in [-0.05, 0) is 43.5 Å². The summed E-state index contributed by atoms with van der Waals surface area (Å²) < 4.78 is 11.1. The maximum absolute atomic E-state index is 12.0. The zero-order valence-electron chi connectivity index (χ0n) is 11.1. The molecule has 5 heteroatoms. The number of nitrogens with one attached hydrogen (secondary N) is 1. The number of rotatable bonds is 6. The lowest BCUT2D eigenvalue weighted by Gasteiger charge is -2.19. The molecule has 1 aromatic carbocycles. The summed E-state index contributed by atoms with van der Waals surface area (Å²) in [4.78, 5) is 12.0. The SMILES string of the molecule is COC(=O)C(NCC1CC1)c1cc(Br)ccc1OC. The summed E-state index contributed by atoms with van der Waals surface area (Å²) in [6, 6.07) is 5.13. The molecule has 1 saturated carbocycles. The Morgan fingerprint density at radius 3 is 2.79 bits per heavy atom. The number of hydrogen-bond acceptors (Lipinski definition) is 4. The second-order valence-corrected chi connectivity index (χ2v) is 5.61. The Morgan fingerprint density at radius 2 is 2.21 bits per heavy atom. The molecule has 0 heterocycles. The van der Waals surface area contributed by atoms with Crippen LogP contribution >= 0.6 is 15.9 Å². The van der Waals surface area contributed by atoms with E-state index in [1.165, 1.54) is 20.0 Å². The molecule has 1 N–H and O–H groups in total. The predicted molar refractivity (Wildman–Crippen MR) is 76.2 cm³/mol. The van der Waals surface area contributed by atoms with Gasteiger partial charge in [-0.1, -0.05) is 15.9 Å². The Morgan fingerprint density at radius 1 is 1.47 bits per heavy atom. The first-order valence-corrected chi connectivity index (χ1v) is 7.09. The minimum atomic E-state index is -0.488. The van der Waals surface area contributed by atoms with E-state index in [-0.39, 0.29) is 5.97 Å². The van der Waals surface area contributed by atoms with E-state index in [0.29, 0.717) is 11.7 Å². The van der Waals surface area contributed by atoms with Crippen molar-refractivity contribution in [2.45, 2.75) is 18.9 Å². The van der Waals surface area contributed by atoms with Crippen LogP contribution in [0.4, 0.5) is 0 Å². The lowest BCUT2D eigenvalue weighted by Crippen LogP contribution is -2.31. The largest absolute Gasteiger partial charge is 0.496 e. The lowest BCUT2D eigenvalue weighted by atomic mass is 10.1. The van der Waals surface area contributed by atoms with E-state index >= 15 is 0 Å². The number of esters is 1. The summed E-state index contributed by atoms with van der Waals surface area (Å²) in [6.45, 7) is 0.829. The minimum Gasteiger partial charge on any atom is -0.496 e. The standard InChI is InChI=1S/C14H18BrNO3/c1-18-12-6-5-10(15)7-11(12)13(14(17)19-2)16-8-9-3-4-9/h5-7,9,13,16H,3-4,8H2,1-2H3. The van der Waals surface area contributed by atoms with Gasteiger partial charge in [0.25, 0.3) is 0 Å². The van der Waals surface area contributed by atoms with Gasteiger partial charge >= 0.3 is 5.97 Å². The first-order valence-electron chi connectivity index (χ1n) is 6.30. The molecule has 4 nitrogen and oxygen atoms in total. The molecule has 2 rings (SSSR count). The van der Waals surface area contributed by atoms with E-state index in [0.717, 1.165) is 16.6 Å². The van der Waals surface area contributed by atoms with Crippen molar-refractivity contribution < 1.29 is 14.3 Å². The number of benzene rings is 1. The highest BCUT2D eigenvalue weighted by Crippen LogP contribution is 2.32. The van der Waals surface area contributed by atoms with Crippen LogP contribution in [-0.4, -0.2) is 26.7 Å². The molecular weight excluding hydrogens is 310 g/mol. The Hall–Kier alpha value is -1.07. The van der Waals surface area contributed by atoms with Gasteiger partial charge in [-0.25, -0.2) is 4.79 Å². The van der Waals surface area contributed by atoms with Crippen LogP contribution in [0.15, 0.2) is 22.7 Å². The first-order chi connectivity index (χ1) is 9.15. The Kier molecular flexibility index (Phi) is 4.82. The molecule has 0 aromatic heterocycles. The smallest absolute Gasteiger partial charge is 0.327 e. The van der Waals surface area contributed by atoms with Crippen LogP contribution in [0.5, 0.6) is 5.75 Å². The number of halogens is 1. The molecule has 104 valence electrons. The highest BCUT2D eigenvalue weighted by atomic mass is 79.9. The van der Waals surface area contributed by atoms with Crippen molar-refractivity contribution >= 4 is 21.9 Å². The summed E-state index contributed by atoms with van der Waals surface area (Å²) in [6.07, 6.45) is 2.47. The number of hydrogen-bond donors (Lipinski definition) is 1. The Bertz CT molecular complexity index is 460. The fraction of sp³-hybridized carbons (Fsp3) is 0.500. The van der Waals surface area contributed by atoms with Gasteiger partial charge in [0.15, 0.2) is 0 Å². The Balaban J connectivity index is 2.24. The second kappa shape index (κ2) is 6.39. The molecule has 19 heavy (non-hydrogen) atoms. The molecule has 1 aliphatic rings. The highest BCUT2D eigenvalue weighted by Gasteiger charge is 2.28. The monoisotopic (exact) mass is 327 g/mol. The summed E-state index contributed by atoms with van der Waals surface area (Å²) in [5, 5.41) is 3.28. The third-order valence-electron chi connectivity index (χ3n) is 3.25. The van der Waals surface area contributed by atoms with Gasteiger partial charge in [0, 0.05) is 10.0 Å². The summed E-state index contributed by atoms with van der Waals surface area (Å²) in [5.74, 6) is 1.07. The zero-order chi connectivity index (χ0) is 13.8. The zero-order valence-corrected chi connectivity index (χ0v) is 12.7. The topological polar surface area (TPSA) is 47.6 Å². The normalized spacial score (nSPS) is 15.9. The summed E-state index contributed by atoms with van der Waals surface area (Å²) in [7, 11) is 3.00. The molecule has 1 fully saturated rings. The number of carbonyl (C=O) groups is 1. The van der Waals surface area contributed by atoms with Crippen LogP contribution in [0.1, 0.15) is 24.4 Å². The predicted octanol–water partition coefficient (Wildman–Crippen LogP) is 2.67. The van der Waals surface area contributed by atoms with E-state index in [2.05, 4.69) is 21.2 Å². The molecule has 0 bridgehead atoms. The van der Waals surface area contributed by atoms with Crippen LogP contribution in [0, 0.1) is 5.92 Å². The highest BCUT2D eigenvalue weighted by molar-refractivity contribution is 9.10. The molecule has 0 radical (unpaired) electrons. The third kappa shape index (κ3) is 3.70. The van der Waals surface area contributed by atoms with E-state index in [1.807, 2.05) is 18.2 Å². The number of carbonyl (C=O) groups excluding carboxylic acids is 1. The van der Waals surface area contributed by atoms with Gasteiger partial charge < -0.3 is 14.8 Å². The third-order valence-corrected chi connectivity index (χ3v) is 3.74. The van der Waals surface area contributed by atoms with Crippen LogP contribution in [0.3, 0.4) is 0 Å². The fourth-order valence-corrected chi connectivity index (χ4v) is 2.35. The van der Waals surface area contributed by atoms with Gasteiger partial charge in [0.2, 0.25) is 0 Å². The maximum atomic E-state index is 12.0. The van der Waals surface area contributed by atoms with E-state index < -0.39 is 6.04 Å². The van der Waals surface area contributed by atoms with Crippen molar-refractivity contribution in [2.24, 2.45) is 5.92 Å². The van der Waals surface area contributed by atoms with Crippen molar-refractivity contribution in [3.63, 3.8) is 0 Å². The van der Waals surface area contributed by atoms with E-state index in [4.69, 9.17) is 9.47 Å². The molecule has 1 aliphatic carbocycles. The quantitative estimate of drug-likeness (QED) is 0.816. The van der Waals surface area contributed by atoms with Crippen molar-refractivity contribution in [2.75, 3.05) is 20.8 Å². The van der Waals surface area contributed by atoms with Crippen LogP contribution < -0.4 is 10.1 Å². The fourth-order valence-electron chi connectivity index (χ4n) is 1.98. The van der Waals surface area contributed by atoms with Crippen molar-refractivity contribution in [3.8, 4) is 5.75 Å². The average molecular weight is 328 g/mol. The Labute approximate surface area is 121 Å². The molecule has 1 aromatic rings.